The Morgan fingerprint density at radius 3 is 2.56 bits per heavy atom. The largest absolute Gasteiger partial charge is 0.497 e. The third-order valence-electron chi connectivity index (χ3n) is 4.93. The van der Waals surface area contributed by atoms with Crippen LogP contribution in [0, 0.1) is 0 Å². The monoisotopic (exact) mass is 372 g/mol. The van der Waals surface area contributed by atoms with Gasteiger partial charge in [0.25, 0.3) is 0 Å². The first-order chi connectivity index (χ1) is 13.2. The van der Waals surface area contributed by atoms with E-state index in [1.54, 1.807) is 20.4 Å². The normalized spacial score (nSPS) is 18.5. The number of aromatic nitrogens is 2. The molecule has 4 rings (SSSR count). The van der Waals surface area contributed by atoms with Crippen LogP contribution in [0.2, 0.25) is 0 Å². The molecule has 0 amide bonds. The Hall–Kier alpha value is -2.58. The molecule has 27 heavy (non-hydrogen) atoms. The minimum absolute atomic E-state index is 0.402. The highest BCUT2D eigenvalue weighted by atomic mass is 16.7. The molecule has 144 valence electrons. The average molecular weight is 372 g/mol. The van der Waals surface area contributed by atoms with Crippen molar-refractivity contribution >= 4 is 17.5 Å². The van der Waals surface area contributed by atoms with Crippen molar-refractivity contribution in [1.29, 1.82) is 0 Å². The number of nitrogens with one attached hydrogen (secondary N) is 1. The molecule has 0 atom stereocenters. The van der Waals surface area contributed by atoms with Gasteiger partial charge in [0.05, 0.1) is 33.1 Å². The lowest BCUT2D eigenvalue weighted by atomic mass is 10.0. The van der Waals surface area contributed by atoms with E-state index in [-0.39, 0.29) is 0 Å². The number of ether oxygens (including phenoxy) is 4. The van der Waals surface area contributed by atoms with Gasteiger partial charge in [-0.2, -0.15) is 4.98 Å². The van der Waals surface area contributed by atoms with Crippen molar-refractivity contribution in [3.63, 3.8) is 0 Å². The van der Waals surface area contributed by atoms with Crippen molar-refractivity contribution in [3.8, 4) is 11.5 Å². The van der Waals surface area contributed by atoms with Crippen LogP contribution >= 0.6 is 0 Å². The Bertz CT molecular complexity index is 785. The quantitative estimate of drug-likeness (QED) is 0.858. The molecule has 3 heterocycles. The molecular weight excluding hydrogens is 348 g/mol. The minimum Gasteiger partial charge on any atom is -0.497 e. The average Bonchev–Trinajstić information content (AvgIpc) is 3.16. The van der Waals surface area contributed by atoms with Gasteiger partial charge in [-0.3, -0.25) is 0 Å². The van der Waals surface area contributed by atoms with Crippen LogP contribution in [0.3, 0.4) is 0 Å². The van der Waals surface area contributed by atoms with Crippen molar-refractivity contribution in [2.45, 2.75) is 18.6 Å². The van der Waals surface area contributed by atoms with Crippen LogP contribution in [0.1, 0.15) is 12.8 Å². The molecule has 8 nitrogen and oxygen atoms in total. The summed E-state index contributed by atoms with van der Waals surface area (Å²) in [6.45, 7) is 2.95. The third kappa shape index (κ3) is 3.77. The molecule has 2 saturated heterocycles. The molecular formula is C19H24N4O4. The first kappa shape index (κ1) is 17.8. The Labute approximate surface area is 158 Å². The number of piperidine rings is 1. The van der Waals surface area contributed by atoms with Gasteiger partial charge in [0.1, 0.15) is 17.3 Å². The van der Waals surface area contributed by atoms with Crippen molar-refractivity contribution in [2.75, 3.05) is 50.7 Å². The van der Waals surface area contributed by atoms with Gasteiger partial charge < -0.3 is 29.2 Å². The number of methoxy groups -OCH3 is 2. The van der Waals surface area contributed by atoms with Crippen LogP contribution in [0.4, 0.5) is 17.5 Å². The molecule has 0 bridgehead atoms. The Morgan fingerprint density at radius 1 is 1.07 bits per heavy atom. The SMILES string of the molecule is COc1ccc(OC)c(Nc2ccnc(N3CCC4(CC3)OCCO4)n2)c1. The van der Waals surface area contributed by atoms with Gasteiger partial charge in [0, 0.05) is 38.2 Å². The molecule has 0 saturated carbocycles. The van der Waals surface area contributed by atoms with E-state index < -0.39 is 5.79 Å². The van der Waals surface area contributed by atoms with Crippen molar-refractivity contribution in [1.82, 2.24) is 9.97 Å². The van der Waals surface area contributed by atoms with Crippen molar-refractivity contribution < 1.29 is 18.9 Å². The Kier molecular flexibility index (Phi) is 5.00. The van der Waals surface area contributed by atoms with Gasteiger partial charge in [-0.05, 0) is 18.2 Å². The van der Waals surface area contributed by atoms with Gasteiger partial charge in [-0.1, -0.05) is 0 Å². The fourth-order valence-corrected chi connectivity index (χ4v) is 3.45. The molecule has 2 aliphatic heterocycles. The lowest BCUT2D eigenvalue weighted by molar-refractivity contribution is -0.169. The third-order valence-corrected chi connectivity index (χ3v) is 4.93. The van der Waals surface area contributed by atoms with Crippen LogP contribution in [-0.4, -0.2) is 56.3 Å². The summed E-state index contributed by atoms with van der Waals surface area (Å²) in [5.41, 5.74) is 0.784. The van der Waals surface area contributed by atoms with Crippen molar-refractivity contribution in [2.24, 2.45) is 0 Å². The number of hydrogen-bond acceptors (Lipinski definition) is 8. The van der Waals surface area contributed by atoms with Gasteiger partial charge in [0.2, 0.25) is 5.95 Å². The molecule has 1 aromatic heterocycles. The molecule has 1 N–H and O–H groups in total. The number of rotatable bonds is 5. The highest BCUT2D eigenvalue weighted by molar-refractivity contribution is 5.66. The topological polar surface area (TPSA) is 78.0 Å². The smallest absolute Gasteiger partial charge is 0.227 e. The summed E-state index contributed by atoms with van der Waals surface area (Å²) in [4.78, 5) is 11.3. The fourth-order valence-electron chi connectivity index (χ4n) is 3.45. The first-order valence-corrected chi connectivity index (χ1v) is 9.06. The maximum Gasteiger partial charge on any atom is 0.227 e. The molecule has 2 aliphatic rings. The predicted octanol–water partition coefficient (Wildman–Crippen LogP) is 2.58. The molecule has 0 unspecified atom stereocenters. The van der Waals surface area contributed by atoms with Gasteiger partial charge in [-0.15, -0.1) is 0 Å². The molecule has 0 aliphatic carbocycles. The second-order valence-corrected chi connectivity index (χ2v) is 6.53. The minimum atomic E-state index is -0.402. The lowest BCUT2D eigenvalue weighted by Gasteiger charge is -2.37. The zero-order chi connectivity index (χ0) is 18.7. The van der Waals surface area contributed by atoms with E-state index in [1.165, 1.54) is 0 Å². The zero-order valence-corrected chi connectivity index (χ0v) is 15.6. The van der Waals surface area contributed by atoms with E-state index in [2.05, 4.69) is 20.2 Å². The van der Waals surface area contributed by atoms with Crippen LogP contribution in [-0.2, 0) is 9.47 Å². The summed E-state index contributed by atoms with van der Waals surface area (Å²) in [7, 11) is 3.27. The lowest BCUT2D eigenvalue weighted by Crippen LogP contribution is -2.45. The van der Waals surface area contributed by atoms with Gasteiger partial charge >= 0.3 is 0 Å². The summed E-state index contributed by atoms with van der Waals surface area (Å²) in [5, 5.41) is 3.29. The Balaban J connectivity index is 1.48. The molecule has 1 spiro atoms. The predicted molar refractivity (Wildman–Crippen MR) is 101 cm³/mol. The highest BCUT2D eigenvalue weighted by Gasteiger charge is 2.40. The molecule has 1 aromatic carbocycles. The van der Waals surface area contributed by atoms with E-state index in [9.17, 15) is 0 Å². The van der Waals surface area contributed by atoms with E-state index in [4.69, 9.17) is 18.9 Å². The molecule has 0 radical (unpaired) electrons. The summed E-state index contributed by atoms with van der Waals surface area (Å²) in [6, 6.07) is 7.41. The standard InChI is InChI=1S/C19H24N4O4/c1-24-14-3-4-16(25-2)15(13-14)21-17-5-8-20-18(22-17)23-9-6-19(7-10-23)26-11-12-27-19/h3-5,8,13H,6-7,9-12H2,1-2H3,(H,20,21,22). The summed E-state index contributed by atoms with van der Waals surface area (Å²) in [5.74, 6) is 2.44. The van der Waals surface area contributed by atoms with E-state index in [0.29, 0.717) is 30.7 Å². The van der Waals surface area contributed by atoms with Gasteiger partial charge in [-0.25, -0.2) is 4.98 Å². The number of hydrogen-bond donors (Lipinski definition) is 1. The summed E-state index contributed by atoms with van der Waals surface area (Å²) >= 11 is 0. The second kappa shape index (κ2) is 7.58. The van der Waals surface area contributed by atoms with Crippen LogP contribution in [0.5, 0.6) is 11.5 Å². The van der Waals surface area contributed by atoms with Gasteiger partial charge in [0.15, 0.2) is 5.79 Å². The van der Waals surface area contributed by atoms with Crippen LogP contribution in [0.15, 0.2) is 30.5 Å². The Morgan fingerprint density at radius 2 is 1.85 bits per heavy atom. The number of nitrogens with zero attached hydrogens (tertiary/aromatic N) is 3. The number of benzene rings is 1. The summed E-state index contributed by atoms with van der Waals surface area (Å²) in [6.07, 6.45) is 3.39. The maximum atomic E-state index is 5.79. The zero-order valence-electron chi connectivity index (χ0n) is 15.6. The van der Waals surface area contributed by atoms with Crippen LogP contribution in [0.25, 0.3) is 0 Å². The highest BCUT2D eigenvalue weighted by Crippen LogP contribution is 2.33. The van der Waals surface area contributed by atoms with Crippen molar-refractivity contribution in [3.05, 3.63) is 30.5 Å². The number of anilines is 3. The fraction of sp³-hybridized carbons (Fsp3) is 0.474. The summed E-state index contributed by atoms with van der Waals surface area (Å²) < 4.78 is 22.3. The van der Waals surface area contributed by atoms with E-state index in [1.807, 2.05) is 24.3 Å². The van der Waals surface area contributed by atoms with Crippen LogP contribution < -0.4 is 19.7 Å². The molecule has 8 heteroatoms. The van der Waals surface area contributed by atoms with E-state index in [0.717, 1.165) is 37.4 Å². The second-order valence-electron chi connectivity index (χ2n) is 6.53. The molecule has 2 aromatic rings. The van der Waals surface area contributed by atoms with E-state index >= 15 is 0 Å². The molecule has 2 fully saturated rings. The maximum absolute atomic E-state index is 5.79. The first-order valence-electron chi connectivity index (χ1n) is 9.06.